The number of benzene rings is 1. The molecule has 134 valence electrons. The first-order chi connectivity index (χ1) is 11.8. The van der Waals surface area contributed by atoms with Gasteiger partial charge >= 0.3 is 0 Å². The molecule has 1 saturated heterocycles. The van der Waals surface area contributed by atoms with Gasteiger partial charge < -0.3 is 5.32 Å². The zero-order valence-electron chi connectivity index (χ0n) is 14.2. The maximum absolute atomic E-state index is 12.7. The van der Waals surface area contributed by atoms with Crippen LogP contribution < -0.4 is 10.9 Å². The number of aromatic nitrogens is 2. The second-order valence-corrected chi connectivity index (χ2v) is 9.08. The van der Waals surface area contributed by atoms with Gasteiger partial charge in [-0.2, -0.15) is 5.10 Å². The van der Waals surface area contributed by atoms with Gasteiger partial charge in [0, 0.05) is 18.0 Å². The average Bonchev–Trinajstić information content (AvgIpc) is 2.88. The van der Waals surface area contributed by atoms with Crippen LogP contribution in [-0.4, -0.2) is 41.7 Å². The number of nitrogens with one attached hydrogen (secondary N) is 1. The van der Waals surface area contributed by atoms with Crippen molar-refractivity contribution in [2.45, 2.75) is 32.9 Å². The fraction of sp³-hybridized carbons (Fsp3) is 0.471. The third-order valence-electron chi connectivity index (χ3n) is 4.19. The van der Waals surface area contributed by atoms with E-state index in [1.807, 2.05) is 13.8 Å². The fourth-order valence-electron chi connectivity index (χ4n) is 3.04. The van der Waals surface area contributed by atoms with Gasteiger partial charge in [0.2, 0.25) is 0 Å². The van der Waals surface area contributed by atoms with E-state index in [9.17, 15) is 18.0 Å². The first kappa shape index (κ1) is 17.6. The molecule has 0 saturated carbocycles. The molecule has 0 spiro atoms. The highest BCUT2D eigenvalue weighted by atomic mass is 32.2. The summed E-state index contributed by atoms with van der Waals surface area (Å²) in [5.74, 6) is -0.223. The van der Waals surface area contributed by atoms with Gasteiger partial charge in [-0.1, -0.05) is 32.0 Å². The topological polar surface area (TPSA) is 98.1 Å². The lowest BCUT2D eigenvalue weighted by Crippen LogP contribution is -2.38. The van der Waals surface area contributed by atoms with Crippen molar-refractivity contribution >= 4 is 26.5 Å². The largest absolute Gasteiger partial charge is 0.347 e. The maximum atomic E-state index is 12.7. The van der Waals surface area contributed by atoms with Crippen LogP contribution in [0.4, 0.5) is 0 Å². The molecule has 8 heteroatoms. The third-order valence-corrected chi connectivity index (χ3v) is 5.96. The standard InChI is InChI=1S/C17H21N3O4S/c1-11(2)9-20-17(22)14-6-4-3-5-13(14)15(19-20)16(21)18-12-7-8-25(23,24)10-12/h3-6,11-12H,7-10H2,1-2H3,(H,18,21). The Bertz CT molecular complexity index is 979. The Morgan fingerprint density at radius 1 is 1.32 bits per heavy atom. The predicted octanol–water partition coefficient (Wildman–Crippen LogP) is 0.969. The van der Waals surface area contributed by atoms with E-state index in [1.165, 1.54) is 4.68 Å². The Morgan fingerprint density at radius 2 is 2.00 bits per heavy atom. The molecule has 1 unspecified atom stereocenters. The highest BCUT2D eigenvalue weighted by molar-refractivity contribution is 7.91. The molecule has 7 nitrogen and oxygen atoms in total. The van der Waals surface area contributed by atoms with E-state index in [-0.39, 0.29) is 28.7 Å². The van der Waals surface area contributed by atoms with Gasteiger partial charge in [0.15, 0.2) is 15.5 Å². The van der Waals surface area contributed by atoms with Crippen molar-refractivity contribution in [1.29, 1.82) is 0 Å². The fourth-order valence-corrected chi connectivity index (χ4v) is 4.71. The Labute approximate surface area is 146 Å². The van der Waals surface area contributed by atoms with Gasteiger partial charge in [-0.3, -0.25) is 9.59 Å². The zero-order valence-corrected chi connectivity index (χ0v) is 15.0. The van der Waals surface area contributed by atoms with E-state index in [0.717, 1.165) is 0 Å². The number of hydrogen-bond acceptors (Lipinski definition) is 5. The summed E-state index contributed by atoms with van der Waals surface area (Å²) in [6.45, 7) is 4.33. The van der Waals surface area contributed by atoms with Crippen LogP contribution in [0.1, 0.15) is 30.8 Å². The molecular formula is C17H21N3O4S. The van der Waals surface area contributed by atoms with Crippen molar-refractivity contribution in [1.82, 2.24) is 15.1 Å². The number of carbonyl (C=O) groups excluding carboxylic acids is 1. The summed E-state index contributed by atoms with van der Waals surface area (Å²) in [5.41, 5.74) is -0.0792. The Kier molecular flexibility index (Phi) is 4.64. The van der Waals surface area contributed by atoms with Crippen LogP contribution >= 0.6 is 0 Å². The number of fused-ring (bicyclic) bond motifs is 1. The summed E-state index contributed by atoms with van der Waals surface area (Å²) in [6.07, 6.45) is 0.400. The average molecular weight is 363 g/mol. The Hall–Kier alpha value is -2.22. The van der Waals surface area contributed by atoms with Crippen molar-refractivity contribution in [3.8, 4) is 0 Å². The minimum absolute atomic E-state index is 0.0533. The predicted molar refractivity (Wildman–Crippen MR) is 95.4 cm³/mol. The van der Waals surface area contributed by atoms with Gasteiger partial charge in [-0.15, -0.1) is 0 Å². The second kappa shape index (κ2) is 6.59. The van der Waals surface area contributed by atoms with E-state index in [4.69, 9.17) is 0 Å². The van der Waals surface area contributed by atoms with Crippen molar-refractivity contribution in [3.63, 3.8) is 0 Å². The minimum atomic E-state index is -3.09. The van der Waals surface area contributed by atoms with Crippen LogP contribution in [0.5, 0.6) is 0 Å². The molecule has 1 aliphatic rings. The quantitative estimate of drug-likeness (QED) is 0.873. The monoisotopic (exact) mass is 363 g/mol. The third kappa shape index (κ3) is 3.73. The molecule has 1 atom stereocenters. The summed E-state index contributed by atoms with van der Waals surface area (Å²) in [7, 11) is -3.09. The van der Waals surface area contributed by atoms with Crippen LogP contribution in [0.2, 0.25) is 0 Å². The lowest BCUT2D eigenvalue weighted by Gasteiger charge is -2.14. The second-order valence-electron chi connectivity index (χ2n) is 6.85. The number of sulfone groups is 1. The number of nitrogens with zero attached hydrogens (tertiary/aromatic N) is 2. The molecule has 0 radical (unpaired) electrons. The summed E-state index contributed by atoms with van der Waals surface area (Å²) < 4.78 is 24.5. The number of rotatable bonds is 4. The number of hydrogen-bond donors (Lipinski definition) is 1. The van der Waals surface area contributed by atoms with Crippen molar-refractivity contribution in [2.24, 2.45) is 5.92 Å². The van der Waals surface area contributed by atoms with E-state index < -0.39 is 21.8 Å². The van der Waals surface area contributed by atoms with Gasteiger partial charge in [-0.05, 0) is 18.4 Å². The zero-order chi connectivity index (χ0) is 18.2. The molecule has 3 rings (SSSR count). The molecule has 25 heavy (non-hydrogen) atoms. The smallest absolute Gasteiger partial charge is 0.274 e. The number of carbonyl (C=O) groups is 1. The first-order valence-electron chi connectivity index (χ1n) is 8.28. The molecule has 1 aromatic heterocycles. The molecule has 1 fully saturated rings. The molecular weight excluding hydrogens is 342 g/mol. The highest BCUT2D eigenvalue weighted by Gasteiger charge is 2.30. The van der Waals surface area contributed by atoms with E-state index in [2.05, 4.69) is 10.4 Å². The molecule has 0 aliphatic carbocycles. The van der Waals surface area contributed by atoms with Gasteiger partial charge in [0.05, 0.1) is 16.9 Å². The van der Waals surface area contributed by atoms with E-state index in [0.29, 0.717) is 23.7 Å². The molecule has 1 aromatic carbocycles. The Morgan fingerprint density at radius 3 is 2.60 bits per heavy atom. The van der Waals surface area contributed by atoms with Crippen molar-refractivity contribution in [2.75, 3.05) is 11.5 Å². The SMILES string of the molecule is CC(C)Cn1nc(C(=O)NC2CCS(=O)(=O)C2)c2ccccc2c1=O. The molecule has 2 heterocycles. The lowest BCUT2D eigenvalue weighted by molar-refractivity contribution is 0.0935. The van der Waals surface area contributed by atoms with Crippen LogP contribution in [0.15, 0.2) is 29.1 Å². The summed E-state index contributed by atoms with van der Waals surface area (Å²) in [5, 5.41) is 7.92. The molecule has 2 aromatic rings. The van der Waals surface area contributed by atoms with Crippen LogP contribution in [0.3, 0.4) is 0 Å². The molecule has 1 N–H and O–H groups in total. The highest BCUT2D eigenvalue weighted by Crippen LogP contribution is 2.16. The van der Waals surface area contributed by atoms with E-state index in [1.54, 1.807) is 24.3 Å². The van der Waals surface area contributed by atoms with Gasteiger partial charge in [-0.25, -0.2) is 13.1 Å². The van der Waals surface area contributed by atoms with Crippen molar-refractivity contribution in [3.05, 3.63) is 40.3 Å². The Balaban J connectivity index is 2.01. The molecule has 1 aliphatic heterocycles. The van der Waals surface area contributed by atoms with Crippen LogP contribution in [0, 0.1) is 5.92 Å². The lowest BCUT2D eigenvalue weighted by atomic mass is 10.1. The first-order valence-corrected chi connectivity index (χ1v) is 10.1. The van der Waals surface area contributed by atoms with E-state index >= 15 is 0 Å². The normalized spacial score (nSPS) is 19.4. The van der Waals surface area contributed by atoms with Crippen LogP contribution in [0.25, 0.3) is 10.8 Å². The minimum Gasteiger partial charge on any atom is -0.347 e. The number of amides is 1. The van der Waals surface area contributed by atoms with Crippen LogP contribution in [-0.2, 0) is 16.4 Å². The summed E-state index contributed by atoms with van der Waals surface area (Å²) >= 11 is 0. The van der Waals surface area contributed by atoms with Crippen molar-refractivity contribution < 1.29 is 13.2 Å². The van der Waals surface area contributed by atoms with Gasteiger partial charge in [0.1, 0.15) is 0 Å². The molecule has 1 amide bonds. The van der Waals surface area contributed by atoms with Gasteiger partial charge in [0.25, 0.3) is 11.5 Å². The molecule has 0 bridgehead atoms. The maximum Gasteiger partial charge on any atom is 0.274 e. The summed E-state index contributed by atoms with van der Waals surface area (Å²) in [4.78, 5) is 25.2. The summed E-state index contributed by atoms with van der Waals surface area (Å²) in [6, 6.07) is 6.43.